The Balaban J connectivity index is 1.81. The van der Waals surface area contributed by atoms with E-state index >= 15 is 0 Å². The number of carbonyl (C=O) groups excluding carboxylic acids is 1. The van der Waals surface area contributed by atoms with Gasteiger partial charge in [0, 0.05) is 5.56 Å². The Kier molecular flexibility index (Phi) is 5.61. The summed E-state index contributed by atoms with van der Waals surface area (Å²) in [5.41, 5.74) is 2.19. The molecule has 5 heteroatoms. The summed E-state index contributed by atoms with van der Waals surface area (Å²) in [4.78, 5) is 12.7. The van der Waals surface area contributed by atoms with E-state index < -0.39 is 0 Å². The summed E-state index contributed by atoms with van der Waals surface area (Å²) in [6, 6.07) is 20.0. The number of rotatable bonds is 6. The highest BCUT2D eigenvalue weighted by Crippen LogP contribution is 2.31. The topological polar surface area (TPSA) is 56.8 Å². The maximum atomic E-state index is 12.7. The Morgan fingerprint density at radius 1 is 0.815 bits per heavy atom. The summed E-state index contributed by atoms with van der Waals surface area (Å²) in [5, 5.41) is 2.89. The number of anilines is 1. The number of hydrogen-bond donors (Lipinski definition) is 1. The minimum Gasteiger partial charge on any atom is -0.493 e. The van der Waals surface area contributed by atoms with Gasteiger partial charge in [0.1, 0.15) is 5.75 Å². The third-order valence-corrected chi connectivity index (χ3v) is 4.03. The van der Waals surface area contributed by atoms with Gasteiger partial charge in [0.15, 0.2) is 17.2 Å². The molecule has 0 spiro atoms. The van der Waals surface area contributed by atoms with Gasteiger partial charge in [0.25, 0.3) is 5.91 Å². The summed E-state index contributed by atoms with van der Waals surface area (Å²) >= 11 is 0. The van der Waals surface area contributed by atoms with Crippen molar-refractivity contribution in [2.45, 2.75) is 6.92 Å². The normalized spacial score (nSPS) is 10.2. The first-order chi connectivity index (χ1) is 13.1. The fourth-order valence-electron chi connectivity index (χ4n) is 2.56. The van der Waals surface area contributed by atoms with E-state index in [-0.39, 0.29) is 5.91 Å². The smallest absolute Gasteiger partial charge is 0.255 e. The number of hydrogen-bond acceptors (Lipinski definition) is 4. The van der Waals surface area contributed by atoms with E-state index in [1.165, 1.54) is 7.11 Å². The third-order valence-electron chi connectivity index (χ3n) is 4.03. The minimum absolute atomic E-state index is 0.268. The van der Waals surface area contributed by atoms with Crippen molar-refractivity contribution in [1.29, 1.82) is 0 Å². The van der Waals surface area contributed by atoms with Gasteiger partial charge >= 0.3 is 0 Å². The van der Waals surface area contributed by atoms with Gasteiger partial charge in [-0.05, 0) is 49.4 Å². The molecule has 0 fully saturated rings. The van der Waals surface area contributed by atoms with Gasteiger partial charge < -0.3 is 19.5 Å². The second-order valence-electron chi connectivity index (χ2n) is 5.94. The lowest BCUT2D eigenvalue weighted by Crippen LogP contribution is -2.12. The lowest BCUT2D eigenvalue weighted by atomic mass is 10.1. The van der Waals surface area contributed by atoms with Crippen molar-refractivity contribution in [3.63, 3.8) is 0 Å². The quantitative estimate of drug-likeness (QED) is 0.665. The second-order valence-corrected chi connectivity index (χ2v) is 5.94. The van der Waals surface area contributed by atoms with Crippen molar-refractivity contribution < 1.29 is 19.0 Å². The van der Waals surface area contributed by atoms with Gasteiger partial charge in [-0.3, -0.25) is 4.79 Å². The van der Waals surface area contributed by atoms with Gasteiger partial charge in [0.2, 0.25) is 0 Å². The Labute approximate surface area is 158 Å². The summed E-state index contributed by atoms with van der Waals surface area (Å²) in [5.74, 6) is 2.06. The van der Waals surface area contributed by atoms with Gasteiger partial charge in [0.05, 0.1) is 19.9 Å². The highest BCUT2D eigenvalue weighted by Gasteiger charge is 2.13. The standard InChI is InChI=1S/C22H21NO4/c1-15-8-11-17(12-9-15)27-19-7-5-4-6-18(19)23-22(24)16-10-13-20(25-2)21(14-16)26-3/h4-14H,1-3H3,(H,23,24). The second kappa shape index (κ2) is 8.27. The summed E-state index contributed by atoms with van der Waals surface area (Å²) < 4.78 is 16.4. The van der Waals surface area contributed by atoms with E-state index in [0.717, 1.165) is 5.56 Å². The van der Waals surface area contributed by atoms with Gasteiger partial charge in [-0.2, -0.15) is 0 Å². The van der Waals surface area contributed by atoms with E-state index in [1.54, 1.807) is 31.4 Å². The molecule has 5 nitrogen and oxygen atoms in total. The molecule has 0 aliphatic carbocycles. The maximum absolute atomic E-state index is 12.7. The Hall–Kier alpha value is -3.47. The van der Waals surface area contributed by atoms with Crippen LogP contribution in [0.25, 0.3) is 0 Å². The first kappa shape index (κ1) is 18.3. The third kappa shape index (κ3) is 4.39. The van der Waals surface area contributed by atoms with Crippen molar-refractivity contribution in [3.05, 3.63) is 77.9 Å². The van der Waals surface area contributed by atoms with Gasteiger partial charge in [-0.25, -0.2) is 0 Å². The van der Waals surface area contributed by atoms with Crippen molar-refractivity contribution >= 4 is 11.6 Å². The SMILES string of the molecule is COc1ccc(C(=O)Nc2ccccc2Oc2ccc(C)cc2)cc1OC. The monoisotopic (exact) mass is 363 g/mol. The number of ether oxygens (including phenoxy) is 3. The molecule has 3 aromatic carbocycles. The number of nitrogens with one attached hydrogen (secondary N) is 1. The van der Waals surface area contributed by atoms with Crippen molar-refractivity contribution in [2.75, 3.05) is 19.5 Å². The Bertz CT molecular complexity index is 935. The summed E-state index contributed by atoms with van der Waals surface area (Å²) in [6.45, 7) is 2.01. The molecule has 0 aliphatic heterocycles. The van der Waals surface area contributed by atoms with Crippen LogP contribution < -0.4 is 19.5 Å². The minimum atomic E-state index is -0.268. The molecule has 1 amide bonds. The molecule has 0 atom stereocenters. The molecule has 1 N–H and O–H groups in total. The van der Waals surface area contributed by atoms with Crippen LogP contribution in [-0.2, 0) is 0 Å². The number of benzene rings is 3. The van der Waals surface area contributed by atoms with Crippen LogP contribution in [0.1, 0.15) is 15.9 Å². The molecule has 0 saturated carbocycles. The highest BCUT2D eigenvalue weighted by atomic mass is 16.5. The average molecular weight is 363 g/mol. The number of para-hydroxylation sites is 2. The summed E-state index contributed by atoms with van der Waals surface area (Å²) in [6.07, 6.45) is 0. The molecule has 0 aromatic heterocycles. The van der Waals surface area contributed by atoms with Crippen molar-refractivity contribution in [1.82, 2.24) is 0 Å². The van der Waals surface area contributed by atoms with Crippen molar-refractivity contribution in [3.8, 4) is 23.0 Å². The molecule has 0 unspecified atom stereocenters. The van der Waals surface area contributed by atoms with Crippen LogP contribution >= 0.6 is 0 Å². The summed E-state index contributed by atoms with van der Waals surface area (Å²) in [7, 11) is 3.08. The molecule has 138 valence electrons. The number of aryl methyl sites for hydroxylation is 1. The molecular formula is C22H21NO4. The van der Waals surface area contributed by atoms with Crippen molar-refractivity contribution in [2.24, 2.45) is 0 Å². The average Bonchev–Trinajstić information content (AvgIpc) is 2.70. The van der Waals surface area contributed by atoms with E-state index in [4.69, 9.17) is 14.2 Å². The zero-order valence-electron chi connectivity index (χ0n) is 15.5. The largest absolute Gasteiger partial charge is 0.493 e. The lowest BCUT2D eigenvalue weighted by Gasteiger charge is -2.13. The van der Waals surface area contributed by atoms with Crippen LogP contribution in [-0.4, -0.2) is 20.1 Å². The Morgan fingerprint density at radius 2 is 1.52 bits per heavy atom. The highest BCUT2D eigenvalue weighted by molar-refractivity contribution is 6.05. The number of methoxy groups -OCH3 is 2. The molecule has 3 aromatic rings. The first-order valence-electron chi connectivity index (χ1n) is 8.47. The molecular weight excluding hydrogens is 342 g/mol. The maximum Gasteiger partial charge on any atom is 0.255 e. The zero-order valence-corrected chi connectivity index (χ0v) is 15.5. The van der Waals surface area contributed by atoms with Crippen LogP contribution in [0.5, 0.6) is 23.0 Å². The zero-order chi connectivity index (χ0) is 19.2. The number of amides is 1. The molecule has 0 heterocycles. The fourth-order valence-corrected chi connectivity index (χ4v) is 2.56. The van der Waals surface area contributed by atoms with Gasteiger partial charge in [-0.15, -0.1) is 0 Å². The fraction of sp³-hybridized carbons (Fsp3) is 0.136. The number of carbonyl (C=O) groups is 1. The molecule has 27 heavy (non-hydrogen) atoms. The molecule has 0 aliphatic rings. The lowest BCUT2D eigenvalue weighted by molar-refractivity contribution is 0.102. The van der Waals surface area contributed by atoms with Gasteiger partial charge in [-0.1, -0.05) is 29.8 Å². The predicted octanol–water partition coefficient (Wildman–Crippen LogP) is 5.06. The molecule has 3 rings (SSSR count). The van der Waals surface area contributed by atoms with Crippen LogP contribution in [0.4, 0.5) is 5.69 Å². The van der Waals surface area contributed by atoms with E-state index in [2.05, 4.69) is 5.32 Å². The first-order valence-corrected chi connectivity index (χ1v) is 8.47. The van der Waals surface area contributed by atoms with Crippen LogP contribution in [0, 0.1) is 6.92 Å². The predicted molar refractivity (Wildman–Crippen MR) is 105 cm³/mol. The van der Waals surface area contributed by atoms with Crippen LogP contribution in [0.3, 0.4) is 0 Å². The van der Waals surface area contributed by atoms with E-state index in [0.29, 0.717) is 34.2 Å². The molecule has 0 radical (unpaired) electrons. The Morgan fingerprint density at radius 3 is 2.22 bits per heavy atom. The van der Waals surface area contributed by atoms with Crippen LogP contribution in [0.15, 0.2) is 66.7 Å². The molecule has 0 bridgehead atoms. The van der Waals surface area contributed by atoms with E-state index in [9.17, 15) is 4.79 Å². The molecule has 0 saturated heterocycles. The van der Waals surface area contributed by atoms with Crippen LogP contribution in [0.2, 0.25) is 0 Å². The van der Waals surface area contributed by atoms with E-state index in [1.807, 2.05) is 49.4 Å².